The molecular formula is C12H26N2. The largest absolute Gasteiger partial charge is 0.297 e. The number of hydrogen-bond acceptors (Lipinski definition) is 2. The van der Waals surface area contributed by atoms with Crippen molar-refractivity contribution in [3.63, 3.8) is 0 Å². The van der Waals surface area contributed by atoms with Crippen LogP contribution in [0.3, 0.4) is 0 Å². The Kier molecular flexibility index (Phi) is 3.96. The van der Waals surface area contributed by atoms with Gasteiger partial charge in [-0.15, -0.1) is 0 Å². The molecule has 0 saturated carbocycles. The molecule has 0 aromatic rings. The van der Waals surface area contributed by atoms with Crippen LogP contribution in [0.4, 0.5) is 0 Å². The predicted octanol–water partition coefficient (Wildman–Crippen LogP) is 2.26. The van der Waals surface area contributed by atoms with Crippen LogP contribution in [0.15, 0.2) is 0 Å². The zero-order valence-corrected chi connectivity index (χ0v) is 10.5. The molecule has 0 unspecified atom stereocenters. The van der Waals surface area contributed by atoms with Gasteiger partial charge in [-0.25, -0.2) is 0 Å². The average molecular weight is 198 g/mol. The van der Waals surface area contributed by atoms with E-state index in [-0.39, 0.29) is 0 Å². The van der Waals surface area contributed by atoms with Gasteiger partial charge in [0.25, 0.3) is 0 Å². The molecule has 0 aromatic heterocycles. The molecule has 0 radical (unpaired) electrons. The molecule has 1 rings (SSSR count). The molecule has 0 amide bonds. The van der Waals surface area contributed by atoms with Crippen LogP contribution < -0.4 is 0 Å². The fraction of sp³-hybridized carbons (Fsp3) is 1.00. The van der Waals surface area contributed by atoms with Crippen LogP contribution in [0.5, 0.6) is 0 Å². The molecule has 84 valence electrons. The zero-order valence-electron chi connectivity index (χ0n) is 10.5. The van der Waals surface area contributed by atoms with Gasteiger partial charge in [0.2, 0.25) is 0 Å². The van der Waals surface area contributed by atoms with E-state index in [2.05, 4.69) is 44.7 Å². The summed E-state index contributed by atoms with van der Waals surface area (Å²) in [6.45, 7) is 10.8. The first-order valence-corrected chi connectivity index (χ1v) is 5.76. The van der Waals surface area contributed by atoms with Crippen LogP contribution in [0.2, 0.25) is 0 Å². The third-order valence-electron chi connectivity index (χ3n) is 3.30. The molecule has 0 aliphatic carbocycles. The summed E-state index contributed by atoms with van der Waals surface area (Å²) in [5, 5.41) is 0. The van der Waals surface area contributed by atoms with Gasteiger partial charge in [-0.2, -0.15) is 0 Å². The van der Waals surface area contributed by atoms with Crippen LogP contribution in [0, 0.1) is 11.3 Å². The number of hydrogen-bond donors (Lipinski definition) is 0. The van der Waals surface area contributed by atoms with E-state index in [0.29, 0.717) is 5.41 Å². The van der Waals surface area contributed by atoms with Crippen molar-refractivity contribution in [1.29, 1.82) is 0 Å². The molecule has 0 spiro atoms. The summed E-state index contributed by atoms with van der Waals surface area (Å²) in [5.74, 6) is 0.918. The lowest BCUT2D eigenvalue weighted by Gasteiger charge is -2.39. The van der Waals surface area contributed by atoms with Gasteiger partial charge < -0.3 is 0 Å². The summed E-state index contributed by atoms with van der Waals surface area (Å²) in [6, 6.07) is 0. The molecule has 1 aliphatic heterocycles. The van der Waals surface area contributed by atoms with Crippen molar-refractivity contribution in [3.05, 3.63) is 0 Å². The summed E-state index contributed by atoms with van der Waals surface area (Å²) in [7, 11) is 4.30. The van der Waals surface area contributed by atoms with E-state index in [9.17, 15) is 0 Å². The zero-order chi connectivity index (χ0) is 10.8. The van der Waals surface area contributed by atoms with Crippen molar-refractivity contribution >= 4 is 0 Å². The van der Waals surface area contributed by atoms with Crippen LogP contribution in [0.1, 0.15) is 33.6 Å². The molecule has 0 N–H and O–H groups in total. The summed E-state index contributed by atoms with van der Waals surface area (Å²) < 4.78 is 0. The molecule has 1 aliphatic rings. The number of piperidine rings is 1. The van der Waals surface area contributed by atoms with Gasteiger partial charge in [-0.3, -0.25) is 9.80 Å². The highest BCUT2D eigenvalue weighted by atomic mass is 15.3. The standard InChI is InChI=1S/C12H26N2/c1-12(2,3)11-6-8-14(9-7-11)10-13(4)5/h11H,6-10H2,1-5H3. The van der Waals surface area contributed by atoms with Crippen molar-refractivity contribution in [1.82, 2.24) is 9.80 Å². The van der Waals surface area contributed by atoms with E-state index in [4.69, 9.17) is 0 Å². The lowest BCUT2D eigenvalue weighted by atomic mass is 9.75. The van der Waals surface area contributed by atoms with Gasteiger partial charge in [0.05, 0.1) is 6.67 Å². The van der Waals surface area contributed by atoms with Crippen LogP contribution in [-0.2, 0) is 0 Å². The molecule has 0 aromatic carbocycles. The van der Waals surface area contributed by atoms with Gasteiger partial charge in [0, 0.05) is 0 Å². The molecule has 2 nitrogen and oxygen atoms in total. The Labute approximate surface area is 89.3 Å². The Morgan fingerprint density at radius 2 is 1.64 bits per heavy atom. The van der Waals surface area contributed by atoms with E-state index in [1.807, 2.05) is 0 Å². The van der Waals surface area contributed by atoms with Crippen molar-refractivity contribution in [2.75, 3.05) is 33.9 Å². The topological polar surface area (TPSA) is 6.48 Å². The summed E-state index contributed by atoms with van der Waals surface area (Å²) in [6.07, 6.45) is 2.74. The Morgan fingerprint density at radius 1 is 1.14 bits per heavy atom. The minimum Gasteiger partial charge on any atom is -0.297 e. The third-order valence-corrected chi connectivity index (χ3v) is 3.30. The fourth-order valence-corrected chi connectivity index (χ4v) is 2.34. The fourth-order valence-electron chi connectivity index (χ4n) is 2.34. The molecule has 14 heavy (non-hydrogen) atoms. The second-order valence-corrected chi connectivity index (χ2v) is 5.98. The number of nitrogens with zero attached hydrogens (tertiary/aromatic N) is 2. The maximum atomic E-state index is 2.56. The van der Waals surface area contributed by atoms with E-state index in [1.54, 1.807) is 0 Å². The normalized spacial score (nSPS) is 21.9. The lowest BCUT2D eigenvalue weighted by Crippen LogP contribution is -2.42. The molecule has 0 bridgehead atoms. The van der Waals surface area contributed by atoms with Gasteiger partial charge in [0.15, 0.2) is 0 Å². The van der Waals surface area contributed by atoms with E-state index >= 15 is 0 Å². The SMILES string of the molecule is CN(C)CN1CCC(C(C)(C)C)CC1. The molecule has 1 saturated heterocycles. The maximum Gasteiger partial charge on any atom is 0.0500 e. The molecule has 1 fully saturated rings. The summed E-state index contributed by atoms with van der Waals surface area (Å²) in [5.41, 5.74) is 0.504. The predicted molar refractivity (Wildman–Crippen MR) is 62.3 cm³/mol. The van der Waals surface area contributed by atoms with Crippen molar-refractivity contribution in [2.24, 2.45) is 11.3 Å². The lowest BCUT2D eigenvalue weighted by molar-refractivity contribution is 0.0818. The molecule has 1 heterocycles. The van der Waals surface area contributed by atoms with Crippen molar-refractivity contribution in [3.8, 4) is 0 Å². The summed E-state index contributed by atoms with van der Waals surface area (Å²) >= 11 is 0. The highest BCUT2D eigenvalue weighted by Gasteiger charge is 2.28. The Balaban J connectivity index is 2.31. The number of rotatable bonds is 2. The van der Waals surface area contributed by atoms with E-state index in [0.717, 1.165) is 12.6 Å². The first-order chi connectivity index (χ1) is 6.39. The Hall–Kier alpha value is -0.0800. The Bertz CT molecular complexity index is 162. The first kappa shape index (κ1) is 12.0. The van der Waals surface area contributed by atoms with Crippen LogP contribution >= 0.6 is 0 Å². The van der Waals surface area contributed by atoms with Gasteiger partial charge >= 0.3 is 0 Å². The summed E-state index contributed by atoms with van der Waals surface area (Å²) in [4.78, 5) is 4.82. The van der Waals surface area contributed by atoms with Gasteiger partial charge in [0.1, 0.15) is 0 Å². The van der Waals surface area contributed by atoms with Gasteiger partial charge in [-0.05, 0) is 51.4 Å². The maximum absolute atomic E-state index is 2.56. The van der Waals surface area contributed by atoms with Crippen molar-refractivity contribution < 1.29 is 0 Å². The van der Waals surface area contributed by atoms with E-state index < -0.39 is 0 Å². The highest BCUT2D eigenvalue weighted by Crippen LogP contribution is 2.34. The van der Waals surface area contributed by atoms with E-state index in [1.165, 1.54) is 25.9 Å². The molecular weight excluding hydrogens is 172 g/mol. The highest BCUT2D eigenvalue weighted by molar-refractivity contribution is 4.80. The quantitative estimate of drug-likeness (QED) is 0.671. The minimum atomic E-state index is 0.504. The minimum absolute atomic E-state index is 0.504. The molecule has 2 heteroatoms. The second kappa shape index (κ2) is 4.63. The van der Waals surface area contributed by atoms with Gasteiger partial charge in [-0.1, -0.05) is 20.8 Å². The molecule has 0 atom stereocenters. The second-order valence-electron chi connectivity index (χ2n) is 5.98. The number of likely N-dealkylation sites (tertiary alicyclic amines) is 1. The average Bonchev–Trinajstić information content (AvgIpc) is 2.02. The third kappa shape index (κ3) is 3.58. The van der Waals surface area contributed by atoms with Crippen molar-refractivity contribution in [2.45, 2.75) is 33.6 Å². The monoisotopic (exact) mass is 198 g/mol. The van der Waals surface area contributed by atoms with Crippen LogP contribution in [-0.4, -0.2) is 43.7 Å². The smallest absolute Gasteiger partial charge is 0.0500 e. The first-order valence-electron chi connectivity index (χ1n) is 5.76. The Morgan fingerprint density at radius 3 is 2.00 bits per heavy atom. The van der Waals surface area contributed by atoms with Crippen LogP contribution in [0.25, 0.3) is 0 Å².